The Bertz CT molecular complexity index is 962. The number of halogens is 1. The molecule has 0 unspecified atom stereocenters. The lowest BCUT2D eigenvalue weighted by atomic mass is 9.79. The minimum atomic E-state index is -0.207. The molecule has 0 amide bonds. The number of benzene rings is 1. The number of rotatable bonds is 4. The third kappa shape index (κ3) is 3.36. The summed E-state index contributed by atoms with van der Waals surface area (Å²) in [7, 11) is 0. The minimum absolute atomic E-state index is 0.0489. The number of pyridine rings is 1. The van der Waals surface area contributed by atoms with Crippen molar-refractivity contribution >= 4 is 16.5 Å². The molecule has 1 aliphatic carbocycles. The highest BCUT2D eigenvalue weighted by Gasteiger charge is 2.44. The van der Waals surface area contributed by atoms with Crippen molar-refractivity contribution < 1.29 is 9.13 Å². The Morgan fingerprint density at radius 2 is 2.07 bits per heavy atom. The number of thiazole rings is 1. The largest absolute Gasteiger partial charge is 0.472 e. The van der Waals surface area contributed by atoms with E-state index < -0.39 is 0 Å². The maximum absolute atomic E-state index is 13.3. The van der Waals surface area contributed by atoms with E-state index in [1.807, 2.05) is 30.3 Å². The molecule has 3 atom stereocenters. The fourth-order valence-corrected chi connectivity index (χ4v) is 5.32. The van der Waals surface area contributed by atoms with Gasteiger partial charge in [-0.05, 0) is 36.6 Å². The highest BCUT2D eigenvalue weighted by molar-refractivity contribution is 7.15. The van der Waals surface area contributed by atoms with Gasteiger partial charge in [0, 0.05) is 42.2 Å². The molecule has 3 aromatic rings. The Morgan fingerprint density at radius 3 is 2.86 bits per heavy atom. The lowest BCUT2D eigenvalue weighted by molar-refractivity contribution is 0.0174. The second kappa shape index (κ2) is 7.14. The van der Waals surface area contributed by atoms with Crippen LogP contribution in [0.25, 0.3) is 0 Å². The molecule has 2 aromatic heterocycles. The van der Waals surface area contributed by atoms with Crippen molar-refractivity contribution in [1.82, 2.24) is 14.9 Å². The van der Waals surface area contributed by atoms with Crippen LogP contribution in [-0.4, -0.2) is 33.6 Å². The number of nitrogens with zero attached hydrogens (tertiary/aromatic N) is 3. The van der Waals surface area contributed by atoms with Crippen LogP contribution in [0.15, 0.2) is 48.7 Å². The van der Waals surface area contributed by atoms with Crippen LogP contribution in [0.3, 0.4) is 0 Å². The molecule has 2 bridgehead atoms. The normalized spacial score (nSPS) is 24.0. The molecule has 1 fully saturated rings. The summed E-state index contributed by atoms with van der Waals surface area (Å²) in [6.07, 6.45) is 3.63. The molecule has 1 aromatic carbocycles. The fraction of sp³-hybridized carbons (Fsp3) is 0.333. The molecule has 28 heavy (non-hydrogen) atoms. The molecule has 5 nitrogen and oxygen atoms in total. The second-order valence-electron chi connectivity index (χ2n) is 7.44. The van der Waals surface area contributed by atoms with E-state index in [0.29, 0.717) is 17.1 Å². The molecule has 0 spiro atoms. The van der Waals surface area contributed by atoms with Gasteiger partial charge in [-0.3, -0.25) is 4.90 Å². The summed E-state index contributed by atoms with van der Waals surface area (Å²) in [5, 5.41) is 0.624. The van der Waals surface area contributed by atoms with E-state index in [0.717, 1.165) is 37.2 Å². The predicted octanol–water partition coefficient (Wildman–Crippen LogP) is 3.62. The number of nitrogens with two attached hydrogens (primary N) is 1. The highest BCUT2D eigenvalue weighted by atomic mass is 32.1. The molecule has 1 aliphatic heterocycles. The quantitative estimate of drug-likeness (QED) is 0.730. The first-order valence-electron chi connectivity index (χ1n) is 9.47. The number of piperidine rings is 1. The molecule has 0 radical (unpaired) electrons. The van der Waals surface area contributed by atoms with Crippen molar-refractivity contribution in [2.75, 3.05) is 12.3 Å². The van der Waals surface area contributed by atoms with Crippen LogP contribution in [0.2, 0.25) is 0 Å². The van der Waals surface area contributed by atoms with Gasteiger partial charge in [-0.15, -0.1) is 11.3 Å². The number of ether oxygens (including phenoxy) is 1. The van der Waals surface area contributed by atoms with Gasteiger partial charge >= 0.3 is 0 Å². The SMILES string of the molecule is Nc1nc2c(s1)C[C@@H]1C[C@H]2[C@@H](Oc2ccccn2)CN1Cc1ccc(F)cc1. The molecule has 7 heteroatoms. The maximum Gasteiger partial charge on any atom is 0.213 e. The summed E-state index contributed by atoms with van der Waals surface area (Å²) in [6, 6.07) is 12.9. The zero-order valence-corrected chi connectivity index (χ0v) is 16.1. The highest BCUT2D eigenvalue weighted by Crippen LogP contribution is 2.43. The zero-order chi connectivity index (χ0) is 19.1. The lowest BCUT2D eigenvalue weighted by Crippen LogP contribution is -2.53. The third-order valence-electron chi connectivity index (χ3n) is 5.63. The summed E-state index contributed by atoms with van der Waals surface area (Å²) < 4.78 is 19.6. The Labute approximate surface area is 167 Å². The molecule has 2 N–H and O–H groups in total. The van der Waals surface area contributed by atoms with Gasteiger partial charge in [0.15, 0.2) is 5.13 Å². The molecule has 3 heterocycles. The molecule has 1 saturated heterocycles. The number of hydrogen-bond acceptors (Lipinski definition) is 6. The Balaban J connectivity index is 1.44. The maximum atomic E-state index is 13.3. The van der Waals surface area contributed by atoms with Crippen LogP contribution in [0, 0.1) is 5.82 Å². The van der Waals surface area contributed by atoms with E-state index in [2.05, 4.69) is 14.9 Å². The van der Waals surface area contributed by atoms with E-state index in [4.69, 9.17) is 10.5 Å². The van der Waals surface area contributed by atoms with Gasteiger partial charge in [0.2, 0.25) is 5.88 Å². The Kier molecular flexibility index (Phi) is 4.49. The van der Waals surface area contributed by atoms with Crippen LogP contribution in [-0.2, 0) is 13.0 Å². The monoisotopic (exact) mass is 396 g/mol. The lowest BCUT2D eigenvalue weighted by Gasteiger charge is -2.46. The van der Waals surface area contributed by atoms with Crippen molar-refractivity contribution in [3.63, 3.8) is 0 Å². The van der Waals surface area contributed by atoms with E-state index in [1.165, 1.54) is 17.0 Å². The van der Waals surface area contributed by atoms with Crippen LogP contribution in [0.5, 0.6) is 5.88 Å². The van der Waals surface area contributed by atoms with Crippen LogP contribution < -0.4 is 10.5 Å². The first kappa shape index (κ1) is 17.6. The summed E-state index contributed by atoms with van der Waals surface area (Å²) in [5.41, 5.74) is 8.22. The van der Waals surface area contributed by atoms with E-state index in [1.54, 1.807) is 17.5 Å². The third-order valence-corrected chi connectivity index (χ3v) is 6.55. The number of fused-ring (bicyclic) bond motifs is 4. The smallest absolute Gasteiger partial charge is 0.213 e. The van der Waals surface area contributed by atoms with E-state index >= 15 is 0 Å². The Hall–Kier alpha value is -2.51. The number of likely N-dealkylation sites (tertiary alicyclic amines) is 1. The number of aromatic nitrogens is 2. The Morgan fingerprint density at radius 1 is 1.21 bits per heavy atom. The van der Waals surface area contributed by atoms with Gasteiger partial charge in [-0.2, -0.15) is 0 Å². The van der Waals surface area contributed by atoms with E-state index in [-0.39, 0.29) is 17.8 Å². The fourth-order valence-electron chi connectivity index (χ4n) is 4.34. The van der Waals surface area contributed by atoms with Crippen LogP contribution in [0.4, 0.5) is 9.52 Å². The molecule has 5 rings (SSSR count). The van der Waals surface area contributed by atoms with Crippen molar-refractivity contribution in [2.45, 2.75) is 37.5 Å². The van der Waals surface area contributed by atoms with Crippen molar-refractivity contribution in [3.8, 4) is 5.88 Å². The number of anilines is 1. The van der Waals surface area contributed by atoms with Crippen LogP contribution in [0.1, 0.15) is 28.5 Å². The standard InChI is InChI=1S/C21H21FN4OS/c22-14-6-4-13(5-7-14)11-26-12-17(27-19-3-1-2-8-24-19)16-9-15(26)10-18-20(16)25-21(23)28-18/h1-8,15-17H,9-12H2,(H2,23,25)/t15-,16-,17-/m0/s1. The van der Waals surface area contributed by atoms with E-state index in [9.17, 15) is 4.39 Å². The van der Waals surface area contributed by atoms with Gasteiger partial charge in [0.1, 0.15) is 11.9 Å². The second-order valence-corrected chi connectivity index (χ2v) is 8.56. The van der Waals surface area contributed by atoms with Crippen molar-refractivity contribution in [2.24, 2.45) is 0 Å². The van der Waals surface area contributed by atoms with Gasteiger partial charge in [0.05, 0.1) is 5.69 Å². The summed E-state index contributed by atoms with van der Waals surface area (Å²) in [4.78, 5) is 12.7. The summed E-state index contributed by atoms with van der Waals surface area (Å²) >= 11 is 1.58. The summed E-state index contributed by atoms with van der Waals surface area (Å²) in [6.45, 7) is 1.55. The predicted molar refractivity (Wildman–Crippen MR) is 107 cm³/mol. The molecule has 2 aliphatic rings. The molecule has 144 valence electrons. The van der Waals surface area contributed by atoms with Crippen molar-refractivity contribution in [3.05, 3.63) is 70.6 Å². The summed E-state index contributed by atoms with van der Waals surface area (Å²) in [5.74, 6) is 0.637. The van der Waals surface area contributed by atoms with Crippen LogP contribution >= 0.6 is 11.3 Å². The average Bonchev–Trinajstić information content (AvgIpc) is 3.08. The van der Waals surface area contributed by atoms with Gasteiger partial charge in [-0.25, -0.2) is 14.4 Å². The number of nitrogen functional groups attached to an aromatic ring is 1. The first-order valence-corrected chi connectivity index (χ1v) is 10.3. The molecular formula is C21H21FN4OS. The van der Waals surface area contributed by atoms with Gasteiger partial charge in [-0.1, -0.05) is 18.2 Å². The number of hydrogen-bond donors (Lipinski definition) is 1. The van der Waals surface area contributed by atoms with Crippen molar-refractivity contribution in [1.29, 1.82) is 0 Å². The van der Waals surface area contributed by atoms with Gasteiger partial charge < -0.3 is 10.5 Å². The molecular weight excluding hydrogens is 375 g/mol. The first-order chi connectivity index (χ1) is 13.7. The topological polar surface area (TPSA) is 64.3 Å². The minimum Gasteiger partial charge on any atom is -0.472 e. The zero-order valence-electron chi connectivity index (χ0n) is 15.3. The average molecular weight is 396 g/mol. The molecule has 0 saturated carbocycles. The van der Waals surface area contributed by atoms with Gasteiger partial charge in [0.25, 0.3) is 0 Å².